The Kier molecular flexibility index (Phi) is 4.01. The maximum atomic E-state index is 12.2. The minimum atomic E-state index is -0.578. The summed E-state index contributed by atoms with van der Waals surface area (Å²) in [5.74, 6) is -0.215. The molecule has 1 aromatic rings. The predicted octanol–water partition coefficient (Wildman–Crippen LogP) is 2.11. The lowest BCUT2D eigenvalue weighted by molar-refractivity contribution is -0.384. The van der Waals surface area contributed by atoms with Gasteiger partial charge >= 0.3 is 0 Å². The number of benzene rings is 1. The Hall–Kier alpha value is -1.66. The van der Waals surface area contributed by atoms with Crippen LogP contribution in [0.3, 0.4) is 0 Å². The highest BCUT2D eigenvalue weighted by Gasteiger charge is 2.25. The fraction of sp³-hybridized carbons (Fsp3) is 0.417. The Bertz CT molecular complexity index is 514. The zero-order valence-corrected chi connectivity index (χ0v) is 11.1. The first-order chi connectivity index (χ1) is 9.00. The minimum Gasteiger partial charge on any atom is -0.379 e. The van der Waals surface area contributed by atoms with Crippen LogP contribution in [0.1, 0.15) is 16.8 Å². The van der Waals surface area contributed by atoms with Gasteiger partial charge in [-0.15, -0.1) is 0 Å². The molecule has 2 rings (SSSR count). The number of nitro groups is 1. The van der Waals surface area contributed by atoms with Crippen molar-refractivity contribution in [1.29, 1.82) is 0 Å². The third-order valence-electron chi connectivity index (χ3n) is 3.17. The van der Waals surface area contributed by atoms with E-state index >= 15 is 0 Å². The molecular weight excluding hydrogens is 272 g/mol. The summed E-state index contributed by atoms with van der Waals surface area (Å²) in [5.41, 5.74) is 0.134. The normalized spacial score (nSPS) is 18.3. The van der Waals surface area contributed by atoms with E-state index in [1.54, 1.807) is 11.9 Å². The van der Waals surface area contributed by atoms with Gasteiger partial charge in [0, 0.05) is 25.3 Å². The summed E-state index contributed by atoms with van der Waals surface area (Å²) in [6.07, 6.45) is 0.795. The van der Waals surface area contributed by atoms with E-state index in [9.17, 15) is 14.9 Å². The predicted molar refractivity (Wildman–Crippen MR) is 69.4 cm³/mol. The lowest BCUT2D eigenvalue weighted by atomic mass is 10.1. The molecule has 1 aromatic carbocycles. The van der Waals surface area contributed by atoms with Gasteiger partial charge in [-0.3, -0.25) is 14.9 Å². The highest BCUT2D eigenvalue weighted by molar-refractivity contribution is 6.33. The second kappa shape index (κ2) is 5.54. The highest BCUT2D eigenvalue weighted by atomic mass is 35.5. The molecule has 1 amide bonds. The number of carbonyl (C=O) groups excluding carboxylic acids is 1. The Morgan fingerprint density at radius 1 is 1.58 bits per heavy atom. The Morgan fingerprint density at radius 2 is 2.32 bits per heavy atom. The molecule has 1 fully saturated rings. The van der Waals surface area contributed by atoms with Crippen molar-refractivity contribution < 1.29 is 14.5 Å². The molecule has 0 aromatic heterocycles. The zero-order valence-electron chi connectivity index (χ0n) is 10.3. The summed E-state index contributed by atoms with van der Waals surface area (Å²) in [5, 5.41) is 10.6. The second-order valence-electron chi connectivity index (χ2n) is 4.36. The van der Waals surface area contributed by atoms with Crippen molar-refractivity contribution in [2.45, 2.75) is 12.5 Å². The monoisotopic (exact) mass is 284 g/mol. The van der Waals surface area contributed by atoms with Crippen molar-refractivity contribution in [2.24, 2.45) is 0 Å². The zero-order chi connectivity index (χ0) is 14.0. The standard InChI is InChI=1S/C12H13ClN2O4/c1-14(9-4-5-19-7-9)12(16)8-2-3-11(15(17)18)10(13)6-8/h2-3,6,9H,4-5,7H2,1H3. The molecule has 1 atom stereocenters. The maximum absolute atomic E-state index is 12.2. The van der Waals surface area contributed by atoms with E-state index in [0.717, 1.165) is 6.42 Å². The van der Waals surface area contributed by atoms with Gasteiger partial charge in [0.2, 0.25) is 0 Å². The summed E-state index contributed by atoms with van der Waals surface area (Å²) < 4.78 is 5.23. The van der Waals surface area contributed by atoms with E-state index in [1.165, 1.54) is 18.2 Å². The largest absolute Gasteiger partial charge is 0.379 e. The first-order valence-corrected chi connectivity index (χ1v) is 6.17. The van der Waals surface area contributed by atoms with Crippen LogP contribution in [0.2, 0.25) is 5.02 Å². The molecule has 1 aliphatic rings. The number of halogens is 1. The average molecular weight is 285 g/mol. The lowest BCUT2D eigenvalue weighted by Gasteiger charge is -2.23. The van der Waals surface area contributed by atoms with E-state index in [2.05, 4.69) is 0 Å². The van der Waals surface area contributed by atoms with E-state index in [-0.39, 0.29) is 22.7 Å². The molecule has 102 valence electrons. The summed E-state index contributed by atoms with van der Waals surface area (Å²) >= 11 is 5.80. The molecule has 1 heterocycles. The number of rotatable bonds is 3. The van der Waals surface area contributed by atoms with Crippen LogP contribution in [-0.2, 0) is 4.74 Å². The number of likely N-dealkylation sites (N-methyl/N-ethyl adjacent to an activating group) is 1. The van der Waals surface area contributed by atoms with Crippen LogP contribution < -0.4 is 0 Å². The van der Waals surface area contributed by atoms with Gasteiger partial charge < -0.3 is 9.64 Å². The molecule has 0 bridgehead atoms. The van der Waals surface area contributed by atoms with Gasteiger partial charge in [0.05, 0.1) is 17.6 Å². The highest BCUT2D eigenvalue weighted by Crippen LogP contribution is 2.26. The third-order valence-corrected chi connectivity index (χ3v) is 3.47. The van der Waals surface area contributed by atoms with Crippen LogP contribution in [0.4, 0.5) is 5.69 Å². The molecule has 1 unspecified atom stereocenters. The van der Waals surface area contributed by atoms with E-state index < -0.39 is 4.92 Å². The smallest absolute Gasteiger partial charge is 0.287 e. The molecule has 19 heavy (non-hydrogen) atoms. The van der Waals surface area contributed by atoms with Crippen molar-refractivity contribution in [1.82, 2.24) is 4.90 Å². The fourth-order valence-electron chi connectivity index (χ4n) is 1.98. The summed E-state index contributed by atoms with van der Waals surface area (Å²) in [7, 11) is 1.69. The topological polar surface area (TPSA) is 72.7 Å². The molecule has 0 aliphatic carbocycles. The van der Waals surface area contributed by atoms with Gasteiger partial charge in [-0.2, -0.15) is 0 Å². The second-order valence-corrected chi connectivity index (χ2v) is 4.76. The molecular formula is C12H13ClN2O4. The van der Waals surface area contributed by atoms with Crippen LogP contribution in [-0.4, -0.2) is 42.0 Å². The quantitative estimate of drug-likeness (QED) is 0.629. The molecule has 0 radical (unpaired) electrons. The van der Waals surface area contributed by atoms with Crippen molar-refractivity contribution in [3.63, 3.8) is 0 Å². The number of nitro benzene ring substituents is 1. The number of ether oxygens (including phenoxy) is 1. The Labute approximate surface area is 115 Å². The van der Waals surface area contributed by atoms with Gasteiger partial charge in [0.15, 0.2) is 0 Å². The maximum Gasteiger partial charge on any atom is 0.287 e. The SMILES string of the molecule is CN(C(=O)c1ccc([N+](=O)[O-])c(Cl)c1)C1CCOC1. The van der Waals surface area contributed by atoms with Crippen LogP contribution in [0.25, 0.3) is 0 Å². The van der Waals surface area contributed by atoms with Gasteiger partial charge in [0.1, 0.15) is 5.02 Å². The van der Waals surface area contributed by atoms with Gasteiger partial charge in [-0.1, -0.05) is 11.6 Å². The van der Waals surface area contributed by atoms with E-state index in [0.29, 0.717) is 18.8 Å². The summed E-state index contributed by atoms with van der Waals surface area (Å²) in [4.78, 5) is 23.9. The first kappa shape index (κ1) is 13.8. The van der Waals surface area contributed by atoms with Gasteiger partial charge in [-0.05, 0) is 18.6 Å². The Balaban J connectivity index is 2.19. The van der Waals surface area contributed by atoms with Crippen LogP contribution >= 0.6 is 11.6 Å². The van der Waals surface area contributed by atoms with E-state index in [4.69, 9.17) is 16.3 Å². The van der Waals surface area contributed by atoms with Crippen molar-refractivity contribution >= 4 is 23.2 Å². The fourth-order valence-corrected chi connectivity index (χ4v) is 2.23. The number of hydrogen-bond acceptors (Lipinski definition) is 4. The minimum absolute atomic E-state index is 0.0353. The van der Waals surface area contributed by atoms with Crippen molar-refractivity contribution in [3.05, 3.63) is 38.9 Å². The molecule has 0 spiro atoms. The lowest BCUT2D eigenvalue weighted by Crippen LogP contribution is -2.37. The molecule has 6 nitrogen and oxygen atoms in total. The first-order valence-electron chi connectivity index (χ1n) is 5.79. The molecule has 0 saturated carbocycles. The van der Waals surface area contributed by atoms with Gasteiger partial charge in [0.25, 0.3) is 11.6 Å². The average Bonchev–Trinajstić information content (AvgIpc) is 2.90. The molecule has 1 aliphatic heterocycles. The summed E-state index contributed by atoms with van der Waals surface area (Å²) in [6.45, 7) is 1.16. The van der Waals surface area contributed by atoms with Crippen LogP contribution in [0.5, 0.6) is 0 Å². The molecule has 1 saturated heterocycles. The van der Waals surface area contributed by atoms with Crippen molar-refractivity contribution in [2.75, 3.05) is 20.3 Å². The molecule has 7 heteroatoms. The third kappa shape index (κ3) is 2.85. The van der Waals surface area contributed by atoms with Crippen molar-refractivity contribution in [3.8, 4) is 0 Å². The number of amides is 1. The number of carbonyl (C=O) groups is 1. The van der Waals surface area contributed by atoms with E-state index in [1.807, 2.05) is 0 Å². The summed E-state index contributed by atoms with van der Waals surface area (Å²) in [6, 6.07) is 4.03. The Morgan fingerprint density at radius 3 is 2.84 bits per heavy atom. The van der Waals surface area contributed by atoms with Crippen LogP contribution in [0.15, 0.2) is 18.2 Å². The molecule has 0 N–H and O–H groups in total. The number of hydrogen-bond donors (Lipinski definition) is 0. The van der Waals surface area contributed by atoms with Gasteiger partial charge in [-0.25, -0.2) is 0 Å². The van der Waals surface area contributed by atoms with Crippen LogP contribution in [0, 0.1) is 10.1 Å². The number of nitrogens with zero attached hydrogens (tertiary/aromatic N) is 2.